The Morgan fingerprint density at radius 3 is 2.37 bits per heavy atom. The molecule has 0 fully saturated rings. The van der Waals surface area contributed by atoms with Crippen LogP contribution in [0.3, 0.4) is 0 Å². The Morgan fingerprint density at radius 2 is 1.74 bits per heavy atom. The predicted octanol–water partition coefficient (Wildman–Crippen LogP) is 3.62. The fourth-order valence-corrected chi connectivity index (χ4v) is 4.79. The second-order valence-corrected chi connectivity index (χ2v) is 11.1. The van der Waals surface area contributed by atoms with Crippen molar-refractivity contribution in [3.63, 3.8) is 0 Å². The van der Waals surface area contributed by atoms with Crippen molar-refractivity contribution in [1.29, 1.82) is 0 Å². The number of pyridine rings is 1. The van der Waals surface area contributed by atoms with Crippen LogP contribution in [-0.4, -0.2) is 73.7 Å². The largest absolute Gasteiger partial charge is 0.395 e. The number of nitrogens with one attached hydrogen (secondary N) is 2. The molecule has 0 aliphatic heterocycles. The van der Waals surface area contributed by atoms with E-state index < -0.39 is 15.9 Å². The molecule has 3 aromatic rings. The summed E-state index contributed by atoms with van der Waals surface area (Å²) in [6.07, 6.45) is -0.622. The SMILES string of the molecule is Cc1c(N)c(Nc2ccccc2)nc(NCC(C)O)c1N=Nc1ccc(S(=O)(=O)CCN(C)CCO)cc1. The highest BCUT2D eigenvalue weighted by Crippen LogP contribution is 2.37. The van der Waals surface area contributed by atoms with E-state index in [4.69, 9.17) is 10.8 Å². The van der Waals surface area contributed by atoms with E-state index in [1.165, 1.54) is 12.1 Å². The van der Waals surface area contributed by atoms with Crippen molar-refractivity contribution in [1.82, 2.24) is 9.88 Å². The minimum absolute atomic E-state index is 0.0284. The number of nitrogen functional groups attached to an aromatic ring is 1. The maximum absolute atomic E-state index is 12.6. The lowest BCUT2D eigenvalue weighted by atomic mass is 10.2. The van der Waals surface area contributed by atoms with Crippen LogP contribution in [0.25, 0.3) is 0 Å². The van der Waals surface area contributed by atoms with Crippen LogP contribution in [0.4, 0.5) is 34.4 Å². The summed E-state index contributed by atoms with van der Waals surface area (Å²) in [7, 11) is -1.73. The van der Waals surface area contributed by atoms with Crippen molar-refractivity contribution < 1.29 is 18.6 Å². The van der Waals surface area contributed by atoms with E-state index in [-0.39, 0.29) is 23.8 Å². The summed E-state index contributed by atoms with van der Waals surface area (Å²) in [6.45, 7) is 4.39. The van der Waals surface area contributed by atoms with Crippen molar-refractivity contribution in [3.05, 3.63) is 60.2 Å². The standard InChI is InChI=1S/C26H35N7O4S/c1-18(35)17-28-26-24(19(2)23(27)25(30-26)29-20-7-5-4-6-8-20)32-31-21-9-11-22(12-10-21)38(36,37)16-14-33(3)13-15-34/h4-12,18,34-35H,13-17,27H2,1-3H3,(H2,28,29,30). The lowest BCUT2D eigenvalue weighted by Crippen LogP contribution is -2.28. The summed E-state index contributed by atoms with van der Waals surface area (Å²) in [5.41, 5.74) is 9.09. The zero-order valence-electron chi connectivity index (χ0n) is 21.8. The van der Waals surface area contributed by atoms with Gasteiger partial charge >= 0.3 is 0 Å². The van der Waals surface area contributed by atoms with E-state index in [2.05, 4.69) is 25.8 Å². The van der Waals surface area contributed by atoms with Crippen LogP contribution in [0, 0.1) is 6.92 Å². The monoisotopic (exact) mass is 541 g/mol. The Labute approximate surface area is 223 Å². The molecule has 1 aromatic heterocycles. The number of nitrogens with two attached hydrogens (primary N) is 1. The molecule has 12 heteroatoms. The Bertz CT molecular complexity index is 1330. The summed E-state index contributed by atoms with van der Waals surface area (Å²) in [5.74, 6) is 0.779. The number of aliphatic hydroxyl groups excluding tert-OH is 2. The average Bonchev–Trinajstić information content (AvgIpc) is 2.89. The van der Waals surface area contributed by atoms with Gasteiger partial charge in [0.15, 0.2) is 21.5 Å². The van der Waals surface area contributed by atoms with E-state index in [9.17, 15) is 13.5 Å². The molecule has 0 saturated heterocycles. The minimum atomic E-state index is -3.49. The number of rotatable bonds is 13. The van der Waals surface area contributed by atoms with Gasteiger partial charge in [0.1, 0.15) is 5.69 Å². The van der Waals surface area contributed by atoms with E-state index in [0.717, 1.165) is 5.69 Å². The van der Waals surface area contributed by atoms with Crippen LogP contribution in [0.5, 0.6) is 0 Å². The van der Waals surface area contributed by atoms with Gasteiger partial charge in [0, 0.05) is 30.9 Å². The molecule has 0 aliphatic carbocycles. The predicted molar refractivity (Wildman–Crippen MR) is 151 cm³/mol. The number of nitrogens with zero attached hydrogens (tertiary/aromatic N) is 4. The van der Waals surface area contributed by atoms with Gasteiger partial charge in [-0.1, -0.05) is 18.2 Å². The fraction of sp³-hybridized carbons (Fsp3) is 0.346. The Morgan fingerprint density at radius 1 is 1.05 bits per heavy atom. The third-order valence-corrected chi connectivity index (χ3v) is 7.46. The molecule has 11 nitrogen and oxygen atoms in total. The summed E-state index contributed by atoms with van der Waals surface area (Å²) in [6, 6.07) is 15.6. The molecular weight excluding hydrogens is 506 g/mol. The molecule has 204 valence electrons. The van der Waals surface area contributed by atoms with Gasteiger partial charge in [-0.25, -0.2) is 13.4 Å². The Hall–Kier alpha value is -3.58. The quantitative estimate of drug-likeness (QED) is 0.203. The molecule has 0 saturated carbocycles. The molecule has 1 atom stereocenters. The van der Waals surface area contributed by atoms with Crippen LogP contribution < -0.4 is 16.4 Å². The fourth-order valence-electron chi connectivity index (χ4n) is 3.46. The summed E-state index contributed by atoms with van der Waals surface area (Å²) in [5, 5.41) is 33.7. The molecular formula is C26H35N7O4S. The van der Waals surface area contributed by atoms with Crippen LogP contribution in [0.1, 0.15) is 12.5 Å². The molecule has 38 heavy (non-hydrogen) atoms. The van der Waals surface area contributed by atoms with E-state index in [0.29, 0.717) is 47.4 Å². The van der Waals surface area contributed by atoms with Crippen LogP contribution >= 0.6 is 0 Å². The molecule has 0 bridgehead atoms. The molecule has 0 radical (unpaired) electrons. The van der Waals surface area contributed by atoms with Gasteiger partial charge in [-0.3, -0.25) is 0 Å². The first-order valence-corrected chi connectivity index (χ1v) is 13.8. The number of azo groups is 1. The minimum Gasteiger partial charge on any atom is -0.395 e. The number of benzene rings is 2. The highest BCUT2D eigenvalue weighted by Gasteiger charge is 2.17. The lowest BCUT2D eigenvalue weighted by molar-refractivity contribution is 0.208. The smallest absolute Gasteiger partial charge is 0.179 e. The van der Waals surface area contributed by atoms with Gasteiger partial charge in [0.25, 0.3) is 0 Å². The van der Waals surface area contributed by atoms with Gasteiger partial charge < -0.3 is 31.5 Å². The van der Waals surface area contributed by atoms with Gasteiger partial charge in [-0.15, -0.1) is 5.11 Å². The normalized spacial score (nSPS) is 12.7. The third kappa shape index (κ3) is 7.96. The first-order valence-electron chi connectivity index (χ1n) is 12.2. The van der Waals surface area contributed by atoms with Crippen LogP contribution in [-0.2, 0) is 9.84 Å². The molecule has 0 aliphatic rings. The highest BCUT2D eigenvalue weighted by molar-refractivity contribution is 7.91. The van der Waals surface area contributed by atoms with Crippen LogP contribution in [0.15, 0.2) is 69.7 Å². The van der Waals surface area contributed by atoms with E-state index in [1.54, 1.807) is 37.9 Å². The first kappa shape index (κ1) is 29.0. The molecule has 0 spiro atoms. The molecule has 2 aromatic carbocycles. The first-order chi connectivity index (χ1) is 18.1. The van der Waals surface area contributed by atoms with Gasteiger partial charge in [-0.05, 0) is 57.3 Å². The molecule has 3 rings (SSSR count). The summed E-state index contributed by atoms with van der Waals surface area (Å²) >= 11 is 0. The van der Waals surface area contributed by atoms with Crippen LogP contribution in [0.2, 0.25) is 0 Å². The van der Waals surface area contributed by atoms with E-state index in [1.807, 2.05) is 30.3 Å². The van der Waals surface area contributed by atoms with Gasteiger partial charge in [-0.2, -0.15) is 5.11 Å². The topological polar surface area (TPSA) is 166 Å². The number of anilines is 4. The molecule has 1 heterocycles. The number of para-hydroxylation sites is 1. The van der Waals surface area contributed by atoms with Crippen molar-refractivity contribution in [3.8, 4) is 0 Å². The maximum atomic E-state index is 12.6. The van der Waals surface area contributed by atoms with Gasteiger partial charge in [0.05, 0.1) is 34.7 Å². The number of hydrogen-bond acceptors (Lipinski definition) is 11. The average molecular weight is 542 g/mol. The zero-order chi connectivity index (χ0) is 27.7. The number of sulfone groups is 1. The van der Waals surface area contributed by atoms with Crippen molar-refractivity contribution in [2.45, 2.75) is 24.8 Å². The number of aromatic nitrogens is 1. The number of likely N-dealkylation sites (N-methyl/N-ethyl adjacent to an activating group) is 1. The second-order valence-electron chi connectivity index (χ2n) is 8.96. The molecule has 0 amide bonds. The second kappa shape index (κ2) is 13.3. The number of aliphatic hydroxyl groups is 2. The molecule has 1 unspecified atom stereocenters. The van der Waals surface area contributed by atoms with Crippen molar-refractivity contribution >= 4 is 44.2 Å². The zero-order valence-corrected chi connectivity index (χ0v) is 22.6. The Balaban J connectivity index is 1.85. The summed E-state index contributed by atoms with van der Waals surface area (Å²) in [4.78, 5) is 6.54. The number of hydrogen-bond donors (Lipinski definition) is 5. The summed E-state index contributed by atoms with van der Waals surface area (Å²) < 4.78 is 25.3. The van der Waals surface area contributed by atoms with E-state index >= 15 is 0 Å². The van der Waals surface area contributed by atoms with Crippen molar-refractivity contribution in [2.24, 2.45) is 10.2 Å². The highest BCUT2D eigenvalue weighted by atomic mass is 32.2. The van der Waals surface area contributed by atoms with Gasteiger partial charge in [0.2, 0.25) is 0 Å². The maximum Gasteiger partial charge on any atom is 0.179 e. The third-order valence-electron chi connectivity index (χ3n) is 5.75. The van der Waals surface area contributed by atoms with Crippen molar-refractivity contribution in [2.75, 3.05) is 55.4 Å². The lowest BCUT2D eigenvalue weighted by Gasteiger charge is -2.17. The Kier molecular flexibility index (Phi) is 10.1. The molecule has 6 N–H and O–H groups in total.